The predicted octanol–water partition coefficient (Wildman–Crippen LogP) is 6.01. The highest BCUT2D eigenvalue weighted by Gasteiger charge is 2.19. The van der Waals surface area contributed by atoms with Gasteiger partial charge in [0.2, 0.25) is 0 Å². The maximum Gasteiger partial charge on any atom is 0.339 e. The molecule has 0 saturated heterocycles. The molecule has 43 heavy (non-hydrogen) atoms. The molecule has 2 aromatic carbocycles. The third-order valence-electron chi connectivity index (χ3n) is 5.48. The molecule has 0 aliphatic rings. The second-order valence-corrected chi connectivity index (χ2v) is 9.65. The summed E-state index contributed by atoms with van der Waals surface area (Å²) in [5.74, 6) is -3.90. The standard InChI is InChI=1S/C33H32O10/c1-17(2)29(34)39-24-11-23(12-25(13-24)40-30(35)18(3)4)21(9)22(10)33(38)43-28-15-26(41-31(36)19(5)6)14-27(16-28)42-32(37)20(7)8/h11-16H,1,3,5,7H2,2,4,6,8-10H3/b22-21+. The summed E-state index contributed by atoms with van der Waals surface area (Å²) >= 11 is 0. The molecule has 224 valence electrons. The number of allylic oxidation sites excluding steroid dienone is 1. The van der Waals surface area contributed by atoms with Gasteiger partial charge in [-0.2, -0.15) is 0 Å². The van der Waals surface area contributed by atoms with E-state index in [2.05, 4.69) is 26.3 Å². The van der Waals surface area contributed by atoms with Crippen LogP contribution in [0.2, 0.25) is 0 Å². The first-order chi connectivity index (χ1) is 20.0. The van der Waals surface area contributed by atoms with Gasteiger partial charge in [0.1, 0.15) is 28.7 Å². The van der Waals surface area contributed by atoms with Gasteiger partial charge in [-0.25, -0.2) is 24.0 Å². The van der Waals surface area contributed by atoms with Crippen molar-refractivity contribution in [3.63, 3.8) is 0 Å². The van der Waals surface area contributed by atoms with E-state index < -0.39 is 29.8 Å². The van der Waals surface area contributed by atoms with E-state index in [0.717, 1.165) is 0 Å². The lowest BCUT2D eigenvalue weighted by Crippen LogP contribution is -2.13. The van der Waals surface area contributed by atoms with E-state index >= 15 is 0 Å². The molecule has 0 N–H and O–H groups in total. The molecule has 2 rings (SSSR count). The first kappa shape index (κ1) is 33.7. The molecule has 0 fully saturated rings. The van der Waals surface area contributed by atoms with Gasteiger partial charge in [-0.3, -0.25) is 0 Å². The number of hydrogen-bond donors (Lipinski definition) is 0. The molecule has 0 saturated carbocycles. The Morgan fingerprint density at radius 2 is 0.651 bits per heavy atom. The van der Waals surface area contributed by atoms with Gasteiger partial charge < -0.3 is 23.7 Å². The number of benzene rings is 2. The maximum absolute atomic E-state index is 13.2. The highest BCUT2D eigenvalue weighted by Crippen LogP contribution is 2.32. The van der Waals surface area contributed by atoms with E-state index in [-0.39, 0.29) is 56.6 Å². The number of ether oxygens (including phenoxy) is 5. The van der Waals surface area contributed by atoms with Gasteiger partial charge in [-0.1, -0.05) is 26.3 Å². The van der Waals surface area contributed by atoms with Crippen LogP contribution in [0.15, 0.2) is 90.6 Å². The van der Waals surface area contributed by atoms with Crippen molar-refractivity contribution < 1.29 is 47.7 Å². The van der Waals surface area contributed by atoms with Crippen molar-refractivity contribution in [3.8, 4) is 28.7 Å². The molecule has 0 atom stereocenters. The van der Waals surface area contributed by atoms with Crippen LogP contribution in [0.3, 0.4) is 0 Å². The summed E-state index contributed by atoms with van der Waals surface area (Å²) in [6, 6.07) is 8.05. The molecule has 0 bridgehead atoms. The number of esters is 5. The van der Waals surface area contributed by atoms with E-state index in [1.54, 1.807) is 6.92 Å². The van der Waals surface area contributed by atoms with Crippen molar-refractivity contribution in [3.05, 3.63) is 96.1 Å². The van der Waals surface area contributed by atoms with Crippen molar-refractivity contribution >= 4 is 35.4 Å². The zero-order valence-corrected chi connectivity index (χ0v) is 24.9. The molecule has 0 unspecified atom stereocenters. The number of hydrogen-bond acceptors (Lipinski definition) is 10. The Bertz CT molecular complexity index is 1510. The van der Waals surface area contributed by atoms with Crippen molar-refractivity contribution in [2.24, 2.45) is 0 Å². The smallest absolute Gasteiger partial charge is 0.339 e. The van der Waals surface area contributed by atoms with Crippen LogP contribution in [-0.2, 0) is 24.0 Å². The molecule has 10 nitrogen and oxygen atoms in total. The van der Waals surface area contributed by atoms with Crippen molar-refractivity contribution in [1.82, 2.24) is 0 Å². The molecule has 0 aliphatic carbocycles. The first-order valence-corrected chi connectivity index (χ1v) is 12.7. The third kappa shape index (κ3) is 9.82. The van der Waals surface area contributed by atoms with Gasteiger partial charge in [0.25, 0.3) is 0 Å². The van der Waals surface area contributed by atoms with E-state index in [0.29, 0.717) is 11.1 Å². The van der Waals surface area contributed by atoms with Gasteiger partial charge in [0.05, 0.1) is 0 Å². The second-order valence-electron chi connectivity index (χ2n) is 9.65. The summed E-state index contributed by atoms with van der Waals surface area (Å²) in [5, 5.41) is 0. The molecular weight excluding hydrogens is 556 g/mol. The fourth-order valence-electron chi connectivity index (χ4n) is 2.96. The molecule has 0 heterocycles. The lowest BCUT2D eigenvalue weighted by molar-refractivity contribution is -0.131. The van der Waals surface area contributed by atoms with Gasteiger partial charge in [-0.15, -0.1) is 0 Å². The molecule has 10 heteroatoms. The van der Waals surface area contributed by atoms with Gasteiger partial charge in [0.15, 0.2) is 0 Å². The summed E-state index contributed by atoms with van der Waals surface area (Å²) in [6.45, 7) is 23.1. The maximum atomic E-state index is 13.2. The fraction of sp³-hybridized carbons (Fsp3) is 0.182. The van der Waals surface area contributed by atoms with Gasteiger partial charge in [0, 0.05) is 52.1 Å². The summed E-state index contributed by atoms with van der Waals surface area (Å²) < 4.78 is 26.6. The Morgan fingerprint density at radius 3 is 0.907 bits per heavy atom. The van der Waals surface area contributed by atoms with Crippen LogP contribution >= 0.6 is 0 Å². The van der Waals surface area contributed by atoms with Crippen LogP contribution in [0.1, 0.15) is 47.1 Å². The third-order valence-corrected chi connectivity index (χ3v) is 5.48. The minimum absolute atomic E-state index is 0.0338. The largest absolute Gasteiger partial charge is 0.423 e. The Labute approximate surface area is 249 Å². The summed E-state index contributed by atoms with van der Waals surface area (Å²) in [4.78, 5) is 61.6. The van der Waals surface area contributed by atoms with Crippen LogP contribution in [0.5, 0.6) is 28.7 Å². The van der Waals surface area contributed by atoms with Crippen LogP contribution in [0.4, 0.5) is 0 Å². The highest BCUT2D eigenvalue weighted by molar-refractivity contribution is 5.98. The SMILES string of the molecule is C=C(C)C(=O)Oc1cc(OC(=O)C(=C)C)cc(OC(=O)/C(C)=C(\C)c2cc(OC(=O)C(=C)C)cc(OC(=O)C(=C)C)c2)c1. The number of carbonyl (C=O) groups excluding carboxylic acids is 5. The molecule has 0 aromatic heterocycles. The predicted molar refractivity (Wildman–Crippen MR) is 159 cm³/mol. The average Bonchev–Trinajstić information content (AvgIpc) is 2.91. The number of carbonyl (C=O) groups is 5. The number of rotatable bonds is 11. The Morgan fingerprint density at radius 1 is 0.419 bits per heavy atom. The summed E-state index contributed by atoms with van der Waals surface area (Å²) in [7, 11) is 0. The van der Waals surface area contributed by atoms with Crippen molar-refractivity contribution in [2.75, 3.05) is 0 Å². The van der Waals surface area contributed by atoms with Crippen molar-refractivity contribution in [1.29, 1.82) is 0 Å². The molecule has 0 spiro atoms. The topological polar surface area (TPSA) is 132 Å². The molecular formula is C33H32O10. The quantitative estimate of drug-likeness (QED) is 0.175. The van der Waals surface area contributed by atoms with Gasteiger partial charge in [-0.05, 0) is 64.8 Å². The molecule has 2 aromatic rings. The van der Waals surface area contributed by atoms with Crippen LogP contribution in [0, 0.1) is 0 Å². The van der Waals surface area contributed by atoms with Crippen LogP contribution < -0.4 is 23.7 Å². The van der Waals surface area contributed by atoms with Gasteiger partial charge >= 0.3 is 29.8 Å². The van der Waals surface area contributed by atoms with E-state index in [9.17, 15) is 24.0 Å². The normalized spacial score (nSPS) is 10.8. The fourth-order valence-corrected chi connectivity index (χ4v) is 2.96. The highest BCUT2D eigenvalue weighted by atomic mass is 16.6. The zero-order valence-electron chi connectivity index (χ0n) is 24.9. The van der Waals surface area contributed by atoms with E-state index in [1.165, 1.54) is 71.0 Å². The summed E-state index contributed by atoms with van der Waals surface area (Å²) in [6.07, 6.45) is 0. The van der Waals surface area contributed by atoms with Crippen molar-refractivity contribution in [2.45, 2.75) is 41.5 Å². The molecule has 0 amide bonds. The van der Waals surface area contributed by atoms with E-state index in [1.807, 2.05) is 0 Å². The molecule has 0 aliphatic heterocycles. The van der Waals surface area contributed by atoms with Crippen LogP contribution in [-0.4, -0.2) is 29.8 Å². The Kier molecular flexibility index (Phi) is 11.3. The minimum Gasteiger partial charge on any atom is -0.423 e. The second kappa shape index (κ2) is 14.4. The first-order valence-electron chi connectivity index (χ1n) is 12.7. The van der Waals surface area contributed by atoms with Crippen LogP contribution in [0.25, 0.3) is 5.57 Å². The average molecular weight is 589 g/mol. The lowest BCUT2D eigenvalue weighted by Gasteiger charge is -2.14. The lowest BCUT2D eigenvalue weighted by atomic mass is 10.0. The Balaban J connectivity index is 2.51. The zero-order chi connectivity index (χ0) is 32.6. The molecule has 0 radical (unpaired) electrons. The Hall–Kier alpha value is -5.51. The van der Waals surface area contributed by atoms with E-state index in [4.69, 9.17) is 23.7 Å². The summed E-state index contributed by atoms with van der Waals surface area (Å²) in [5.41, 5.74) is 1.37. The monoisotopic (exact) mass is 588 g/mol. The minimum atomic E-state index is -0.817.